The lowest BCUT2D eigenvalue weighted by Gasteiger charge is -2.11. The molecule has 188 valence electrons. The Morgan fingerprint density at radius 1 is 0.868 bits per heavy atom. The van der Waals surface area contributed by atoms with E-state index in [4.69, 9.17) is 9.47 Å². The summed E-state index contributed by atoms with van der Waals surface area (Å²) in [5, 5.41) is 11.0. The van der Waals surface area contributed by atoms with Crippen molar-refractivity contribution in [3.63, 3.8) is 0 Å². The maximum Gasteiger partial charge on any atom is 0.363 e. The summed E-state index contributed by atoms with van der Waals surface area (Å²) in [5.74, 6) is 0.233. The number of carbonyl (C=O) groups excluding carboxylic acids is 1. The highest BCUT2D eigenvalue weighted by Crippen LogP contribution is 2.36. The first kappa shape index (κ1) is 25.6. The van der Waals surface area contributed by atoms with E-state index in [1.807, 2.05) is 54.6 Å². The van der Waals surface area contributed by atoms with Crippen molar-refractivity contribution in [2.24, 2.45) is 4.99 Å². The Labute approximate surface area is 234 Å². The summed E-state index contributed by atoms with van der Waals surface area (Å²) in [6, 6.07) is 27.5. The Bertz CT molecular complexity index is 1580. The zero-order valence-corrected chi connectivity index (χ0v) is 22.8. The summed E-state index contributed by atoms with van der Waals surface area (Å²) in [6.45, 7) is 0.141. The summed E-state index contributed by atoms with van der Waals surface area (Å²) in [5.41, 5.74) is 4.39. The molecular weight excluding hydrogens is 616 g/mol. The molecule has 7 nitrogen and oxygen atoms in total. The average Bonchev–Trinajstić information content (AvgIpc) is 3.28. The van der Waals surface area contributed by atoms with E-state index in [1.165, 1.54) is 12.1 Å². The highest BCUT2D eigenvalue weighted by molar-refractivity contribution is 9.11. The number of carbonyl (C=O) groups is 1. The minimum Gasteiger partial charge on any atom is -0.487 e. The number of non-ortho nitro benzene ring substituents is 1. The summed E-state index contributed by atoms with van der Waals surface area (Å²) < 4.78 is 12.6. The number of nitro groups is 1. The Hall–Kier alpha value is -4.08. The fourth-order valence-corrected chi connectivity index (χ4v) is 5.29. The summed E-state index contributed by atoms with van der Waals surface area (Å²) in [6.07, 6.45) is 1.63. The van der Waals surface area contributed by atoms with Crippen LogP contribution in [0.15, 0.2) is 111 Å². The molecule has 0 radical (unpaired) electrons. The highest BCUT2D eigenvalue weighted by Gasteiger charge is 2.24. The Morgan fingerprint density at radius 3 is 2.21 bits per heavy atom. The van der Waals surface area contributed by atoms with E-state index in [2.05, 4.69) is 36.9 Å². The maximum atomic E-state index is 12.5. The van der Waals surface area contributed by atoms with Crippen molar-refractivity contribution in [2.45, 2.75) is 6.61 Å². The van der Waals surface area contributed by atoms with E-state index in [-0.39, 0.29) is 23.9 Å². The van der Waals surface area contributed by atoms with Gasteiger partial charge in [0.05, 0.1) is 13.9 Å². The number of nitrogens with zero attached hydrogens (tertiary/aromatic N) is 2. The van der Waals surface area contributed by atoms with Gasteiger partial charge in [-0.25, -0.2) is 9.79 Å². The van der Waals surface area contributed by atoms with Crippen LogP contribution >= 0.6 is 31.9 Å². The number of halogens is 2. The molecule has 5 rings (SSSR count). The summed E-state index contributed by atoms with van der Waals surface area (Å²) in [7, 11) is 0. The predicted molar refractivity (Wildman–Crippen MR) is 152 cm³/mol. The number of aliphatic imine (C=N–C) groups is 1. The van der Waals surface area contributed by atoms with Gasteiger partial charge in [-0.05, 0) is 84.5 Å². The highest BCUT2D eigenvalue weighted by atomic mass is 79.9. The zero-order valence-electron chi connectivity index (χ0n) is 19.6. The quantitative estimate of drug-likeness (QED) is 0.0900. The molecule has 0 unspecified atom stereocenters. The fourth-order valence-electron chi connectivity index (χ4n) is 3.84. The Morgan fingerprint density at radius 2 is 1.53 bits per heavy atom. The second-order valence-electron chi connectivity index (χ2n) is 8.31. The smallest absolute Gasteiger partial charge is 0.363 e. The van der Waals surface area contributed by atoms with E-state index >= 15 is 0 Å². The molecule has 0 bridgehead atoms. The lowest BCUT2D eigenvalue weighted by atomic mass is 10.0. The van der Waals surface area contributed by atoms with Gasteiger partial charge >= 0.3 is 5.97 Å². The number of benzene rings is 4. The van der Waals surface area contributed by atoms with Gasteiger partial charge in [0.1, 0.15) is 12.4 Å². The van der Waals surface area contributed by atoms with Crippen LogP contribution in [0.1, 0.15) is 16.7 Å². The molecule has 0 spiro atoms. The van der Waals surface area contributed by atoms with E-state index in [9.17, 15) is 14.9 Å². The third kappa shape index (κ3) is 5.74. The number of cyclic esters (lactones) is 1. The van der Waals surface area contributed by atoms with Crippen molar-refractivity contribution in [1.29, 1.82) is 0 Å². The molecule has 0 fully saturated rings. The maximum absolute atomic E-state index is 12.5. The van der Waals surface area contributed by atoms with Crippen molar-refractivity contribution >= 4 is 55.5 Å². The molecule has 4 aromatic carbocycles. The zero-order chi connectivity index (χ0) is 26.6. The Kier molecular flexibility index (Phi) is 7.48. The lowest BCUT2D eigenvalue weighted by Crippen LogP contribution is -2.05. The van der Waals surface area contributed by atoms with Crippen molar-refractivity contribution in [3.05, 3.63) is 132 Å². The molecule has 0 saturated carbocycles. The third-order valence-corrected chi connectivity index (χ3v) is 6.87. The molecule has 0 saturated heterocycles. The molecule has 0 aliphatic carbocycles. The van der Waals surface area contributed by atoms with Crippen molar-refractivity contribution in [3.8, 4) is 16.9 Å². The van der Waals surface area contributed by atoms with E-state index in [0.717, 1.165) is 11.1 Å². The molecule has 1 aliphatic rings. The van der Waals surface area contributed by atoms with Crippen LogP contribution in [-0.2, 0) is 16.1 Å². The van der Waals surface area contributed by atoms with Crippen molar-refractivity contribution in [1.82, 2.24) is 0 Å². The minimum absolute atomic E-state index is 0.00159. The molecule has 0 amide bonds. The van der Waals surface area contributed by atoms with E-state index in [0.29, 0.717) is 31.4 Å². The molecular formula is C29H18Br2N2O5. The van der Waals surface area contributed by atoms with Crippen LogP contribution in [0.5, 0.6) is 5.75 Å². The second-order valence-corrected chi connectivity index (χ2v) is 10.0. The first-order chi connectivity index (χ1) is 18.4. The summed E-state index contributed by atoms with van der Waals surface area (Å²) in [4.78, 5) is 27.5. The SMILES string of the molecule is O=C1OC(c2ccc(-c3ccccc3)cc2)=N/C1=C\c1cc(Br)c(OCc2cccc([N+](=O)[O-])c2)c(Br)c1. The molecule has 0 atom stereocenters. The largest absolute Gasteiger partial charge is 0.487 e. The number of hydrogen-bond acceptors (Lipinski definition) is 6. The molecule has 0 N–H and O–H groups in total. The van der Waals surface area contributed by atoms with Gasteiger partial charge in [0.25, 0.3) is 5.69 Å². The van der Waals surface area contributed by atoms with Crippen LogP contribution < -0.4 is 4.74 Å². The third-order valence-electron chi connectivity index (χ3n) is 5.69. The van der Waals surface area contributed by atoms with Gasteiger partial charge < -0.3 is 9.47 Å². The first-order valence-corrected chi connectivity index (χ1v) is 13.0. The first-order valence-electron chi connectivity index (χ1n) is 11.4. The standard InChI is InChI=1S/C29H18Br2N2O5/c30-24-14-19(15-25(31)27(24)37-17-18-5-4-8-23(13-18)33(35)36)16-26-29(34)38-28(32-26)22-11-9-21(10-12-22)20-6-2-1-3-7-20/h1-16H,17H2/b26-16-. The number of nitro benzene ring substituents is 1. The van der Waals surface area contributed by atoms with Crippen molar-refractivity contribution in [2.75, 3.05) is 0 Å². The van der Waals surface area contributed by atoms with E-state index < -0.39 is 10.9 Å². The van der Waals surface area contributed by atoms with Gasteiger partial charge in [-0.2, -0.15) is 0 Å². The topological polar surface area (TPSA) is 91.0 Å². The minimum atomic E-state index is -0.537. The van der Waals surface area contributed by atoms with Gasteiger partial charge in [-0.15, -0.1) is 0 Å². The van der Waals surface area contributed by atoms with Gasteiger partial charge in [0, 0.05) is 17.7 Å². The van der Waals surface area contributed by atoms with Gasteiger partial charge in [-0.1, -0.05) is 54.6 Å². The van der Waals surface area contributed by atoms with Crippen LogP contribution in [0.2, 0.25) is 0 Å². The lowest BCUT2D eigenvalue weighted by molar-refractivity contribution is -0.384. The fraction of sp³-hybridized carbons (Fsp3) is 0.0345. The van der Waals surface area contributed by atoms with Crippen LogP contribution in [-0.4, -0.2) is 16.8 Å². The number of hydrogen-bond donors (Lipinski definition) is 0. The van der Waals surface area contributed by atoms with Gasteiger partial charge in [-0.3, -0.25) is 10.1 Å². The second kappa shape index (κ2) is 11.1. The van der Waals surface area contributed by atoms with Crippen LogP contribution in [0.25, 0.3) is 17.2 Å². The van der Waals surface area contributed by atoms with Crippen molar-refractivity contribution < 1.29 is 19.2 Å². The molecule has 0 aromatic heterocycles. The molecule has 9 heteroatoms. The number of ether oxygens (including phenoxy) is 2. The number of esters is 1. The normalized spacial score (nSPS) is 13.8. The molecule has 38 heavy (non-hydrogen) atoms. The molecule has 1 aliphatic heterocycles. The Balaban J connectivity index is 1.33. The average molecular weight is 634 g/mol. The van der Waals surface area contributed by atoms with E-state index in [1.54, 1.807) is 30.3 Å². The summed E-state index contributed by atoms with van der Waals surface area (Å²) >= 11 is 7.01. The molecule has 1 heterocycles. The van der Waals surface area contributed by atoms with Crippen LogP contribution in [0.4, 0.5) is 5.69 Å². The molecule has 4 aromatic rings. The van der Waals surface area contributed by atoms with Crippen LogP contribution in [0, 0.1) is 10.1 Å². The monoisotopic (exact) mass is 632 g/mol. The van der Waals surface area contributed by atoms with Crippen LogP contribution in [0.3, 0.4) is 0 Å². The van der Waals surface area contributed by atoms with Gasteiger partial charge in [0.15, 0.2) is 5.70 Å². The van der Waals surface area contributed by atoms with Gasteiger partial charge in [0.2, 0.25) is 5.90 Å². The predicted octanol–water partition coefficient (Wildman–Crippen LogP) is 7.71. The number of rotatable bonds is 7.